The Balaban J connectivity index is 2.64. The molecule has 14 heavy (non-hydrogen) atoms. The van der Waals surface area contributed by atoms with E-state index >= 15 is 0 Å². The lowest BCUT2D eigenvalue weighted by Gasteiger charge is -2.16. The predicted molar refractivity (Wildman–Crippen MR) is 56.0 cm³/mol. The summed E-state index contributed by atoms with van der Waals surface area (Å²) in [6, 6.07) is 1.86. The fourth-order valence-corrected chi connectivity index (χ4v) is 0.891. The Morgan fingerprint density at radius 3 is 2.64 bits per heavy atom. The molecule has 0 amide bonds. The van der Waals surface area contributed by atoms with Gasteiger partial charge in [-0.05, 0) is 6.92 Å². The van der Waals surface area contributed by atoms with Crippen molar-refractivity contribution in [2.75, 3.05) is 0 Å². The molecule has 0 radical (unpaired) electrons. The smallest absolute Gasteiger partial charge is 0.158 e. The van der Waals surface area contributed by atoms with Crippen LogP contribution in [0.3, 0.4) is 0 Å². The summed E-state index contributed by atoms with van der Waals surface area (Å²) in [4.78, 5) is 4.24. The molecule has 78 valence electrons. The summed E-state index contributed by atoms with van der Waals surface area (Å²) in [6.07, 6.45) is 0. The standard InChI is InChI=1S/C10H17N3O/c1-7-5-8(14-13-7)6-12-9(11)10(2,3)4/h5H,6H2,1-4H3,(H2,11,12). The fourth-order valence-electron chi connectivity index (χ4n) is 0.891. The van der Waals surface area contributed by atoms with Crippen LogP contribution in [0.5, 0.6) is 0 Å². The van der Waals surface area contributed by atoms with Crippen LogP contribution in [0.25, 0.3) is 0 Å². The van der Waals surface area contributed by atoms with Gasteiger partial charge in [-0.2, -0.15) is 0 Å². The van der Waals surface area contributed by atoms with Gasteiger partial charge in [0.2, 0.25) is 0 Å². The zero-order valence-corrected chi connectivity index (χ0v) is 9.16. The van der Waals surface area contributed by atoms with E-state index in [0.29, 0.717) is 12.4 Å². The normalized spacial score (nSPS) is 13.3. The molecule has 1 aromatic rings. The van der Waals surface area contributed by atoms with Crippen LogP contribution < -0.4 is 5.73 Å². The van der Waals surface area contributed by atoms with Crippen molar-refractivity contribution in [3.63, 3.8) is 0 Å². The van der Waals surface area contributed by atoms with Gasteiger partial charge < -0.3 is 10.3 Å². The Hall–Kier alpha value is -1.32. The van der Waals surface area contributed by atoms with Crippen molar-refractivity contribution in [1.82, 2.24) is 5.16 Å². The van der Waals surface area contributed by atoms with Gasteiger partial charge in [0.1, 0.15) is 6.54 Å². The molecule has 0 aromatic carbocycles. The molecule has 1 aromatic heterocycles. The minimum Gasteiger partial charge on any atom is -0.387 e. The van der Waals surface area contributed by atoms with Crippen molar-refractivity contribution in [3.8, 4) is 0 Å². The fraction of sp³-hybridized carbons (Fsp3) is 0.600. The highest BCUT2D eigenvalue weighted by atomic mass is 16.5. The summed E-state index contributed by atoms with van der Waals surface area (Å²) in [6.45, 7) is 8.42. The second kappa shape index (κ2) is 3.82. The molecule has 0 atom stereocenters. The second-order valence-corrected chi connectivity index (χ2v) is 4.39. The largest absolute Gasteiger partial charge is 0.387 e. The quantitative estimate of drug-likeness (QED) is 0.579. The number of amidine groups is 1. The zero-order valence-electron chi connectivity index (χ0n) is 9.16. The molecule has 4 heteroatoms. The lowest BCUT2D eigenvalue weighted by Crippen LogP contribution is -2.28. The molecule has 0 aliphatic heterocycles. The van der Waals surface area contributed by atoms with Crippen molar-refractivity contribution in [2.24, 2.45) is 16.1 Å². The molecule has 0 unspecified atom stereocenters. The number of rotatable bonds is 2. The predicted octanol–water partition coefficient (Wildman–Crippen LogP) is 1.89. The van der Waals surface area contributed by atoms with Gasteiger partial charge in [0.15, 0.2) is 5.76 Å². The summed E-state index contributed by atoms with van der Waals surface area (Å²) in [7, 11) is 0. The summed E-state index contributed by atoms with van der Waals surface area (Å²) in [5, 5.41) is 3.77. The number of hydrogen-bond donors (Lipinski definition) is 1. The molecular formula is C10H17N3O. The lowest BCUT2D eigenvalue weighted by molar-refractivity contribution is 0.381. The van der Waals surface area contributed by atoms with Gasteiger partial charge in [-0.25, -0.2) is 0 Å². The van der Waals surface area contributed by atoms with Gasteiger partial charge in [-0.3, -0.25) is 4.99 Å². The first-order valence-corrected chi connectivity index (χ1v) is 4.62. The van der Waals surface area contributed by atoms with Gasteiger partial charge in [0.05, 0.1) is 11.5 Å². The highest BCUT2D eigenvalue weighted by Crippen LogP contribution is 2.13. The van der Waals surface area contributed by atoms with Gasteiger partial charge >= 0.3 is 0 Å². The van der Waals surface area contributed by atoms with Crippen molar-refractivity contribution in [2.45, 2.75) is 34.2 Å². The molecule has 0 saturated heterocycles. The van der Waals surface area contributed by atoms with E-state index in [9.17, 15) is 0 Å². The minimum absolute atomic E-state index is 0.0882. The molecule has 0 bridgehead atoms. The van der Waals surface area contributed by atoms with Crippen molar-refractivity contribution in [3.05, 3.63) is 17.5 Å². The van der Waals surface area contributed by atoms with Gasteiger partial charge in [0.25, 0.3) is 0 Å². The van der Waals surface area contributed by atoms with Crippen LogP contribution >= 0.6 is 0 Å². The van der Waals surface area contributed by atoms with Crippen molar-refractivity contribution >= 4 is 5.84 Å². The van der Waals surface area contributed by atoms with E-state index < -0.39 is 0 Å². The molecule has 0 fully saturated rings. The number of aromatic nitrogens is 1. The average molecular weight is 195 g/mol. The van der Waals surface area contributed by atoms with Crippen LogP contribution in [0.4, 0.5) is 0 Å². The highest BCUT2D eigenvalue weighted by molar-refractivity contribution is 5.85. The molecule has 4 nitrogen and oxygen atoms in total. The number of nitrogens with zero attached hydrogens (tertiary/aromatic N) is 2. The Labute approximate surface area is 84.2 Å². The average Bonchev–Trinajstić information content (AvgIpc) is 2.45. The van der Waals surface area contributed by atoms with Crippen LogP contribution in [0.15, 0.2) is 15.6 Å². The third-order valence-electron chi connectivity index (χ3n) is 1.85. The molecule has 0 spiro atoms. The van der Waals surface area contributed by atoms with Gasteiger partial charge in [-0.15, -0.1) is 0 Å². The number of nitrogens with two attached hydrogens (primary N) is 1. The first-order valence-electron chi connectivity index (χ1n) is 4.62. The first-order chi connectivity index (χ1) is 6.39. The van der Waals surface area contributed by atoms with E-state index in [0.717, 1.165) is 11.5 Å². The van der Waals surface area contributed by atoms with E-state index in [4.69, 9.17) is 10.3 Å². The number of hydrogen-bond acceptors (Lipinski definition) is 3. The maximum atomic E-state index is 5.79. The van der Waals surface area contributed by atoms with E-state index in [1.807, 2.05) is 33.8 Å². The summed E-state index contributed by atoms with van der Waals surface area (Å²) in [5.41, 5.74) is 6.57. The molecule has 1 heterocycles. The minimum atomic E-state index is -0.0882. The van der Waals surface area contributed by atoms with E-state index in [1.54, 1.807) is 0 Å². The van der Waals surface area contributed by atoms with Crippen molar-refractivity contribution in [1.29, 1.82) is 0 Å². The molecule has 1 rings (SSSR count). The molecule has 0 aliphatic carbocycles. The van der Waals surface area contributed by atoms with Crippen LogP contribution in [0.2, 0.25) is 0 Å². The SMILES string of the molecule is Cc1cc(CN=C(N)C(C)(C)C)on1. The summed E-state index contributed by atoms with van der Waals surface area (Å²) in [5.74, 6) is 1.38. The van der Waals surface area contributed by atoms with Crippen LogP contribution in [-0.2, 0) is 6.54 Å². The summed E-state index contributed by atoms with van der Waals surface area (Å²) >= 11 is 0. The van der Waals surface area contributed by atoms with Gasteiger partial charge in [0, 0.05) is 11.5 Å². The van der Waals surface area contributed by atoms with Crippen LogP contribution in [-0.4, -0.2) is 11.0 Å². The Morgan fingerprint density at radius 1 is 1.57 bits per heavy atom. The second-order valence-electron chi connectivity index (χ2n) is 4.39. The highest BCUT2D eigenvalue weighted by Gasteiger charge is 2.15. The molecule has 0 saturated carbocycles. The third-order valence-corrected chi connectivity index (χ3v) is 1.85. The number of aryl methyl sites for hydroxylation is 1. The number of aliphatic imine (C=N–C) groups is 1. The third kappa shape index (κ3) is 2.87. The Morgan fingerprint density at radius 2 is 2.21 bits per heavy atom. The Bertz CT molecular complexity index is 333. The van der Waals surface area contributed by atoms with E-state index in [-0.39, 0.29) is 5.41 Å². The van der Waals surface area contributed by atoms with Crippen LogP contribution in [0.1, 0.15) is 32.2 Å². The molecular weight excluding hydrogens is 178 g/mol. The maximum absolute atomic E-state index is 5.79. The zero-order chi connectivity index (χ0) is 10.8. The lowest BCUT2D eigenvalue weighted by atomic mass is 9.95. The molecule has 0 aliphatic rings. The van der Waals surface area contributed by atoms with E-state index in [2.05, 4.69) is 10.1 Å². The van der Waals surface area contributed by atoms with Gasteiger partial charge in [-0.1, -0.05) is 25.9 Å². The first kappa shape index (κ1) is 10.8. The maximum Gasteiger partial charge on any atom is 0.158 e. The monoisotopic (exact) mass is 195 g/mol. The topological polar surface area (TPSA) is 64.4 Å². The summed E-state index contributed by atoms with van der Waals surface area (Å²) < 4.78 is 5.01. The van der Waals surface area contributed by atoms with Crippen molar-refractivity contribution < 1.29 is 4.52 Å². The molecule has 2 N–H and O–H groups in total. The Kier molecular flexibility index (Phi) is 2.93. The van der Waals surface area contributed by atoms with E-state index in [1.165, 1.54) is 0 Å². The van der Waals surface area contributed by atoms with Crippen LogP contribution in [0, 0.1) is 12.3 Å².